The Morgan fingerprint density at radius 1 is 1.18 bits per heavy atom. The van der Waals surface area contributed by atoms with E-state index >= 15 is 0 Å². The van der Waals surface area contributed by atoms with E-state index in [2.05, 4.69) is 0 Å². The number of benzene rings is 1. The molecule has 92 valence electrons. The van der Waals surface area contributed by atoms with Gasteiger partial charge in [0.15, 0.2) is 0 Å². The van der Waals surface area contributed by atoms with E-state index in [9.17, 15) is 9.59 Å². The van der Waals surface area contributed by atoms with Crippen LogP contribution < -0.4 is 5.73 Å². The Morgan fingerprint density at radius 3 is 2.12 bits per heavy atom. The van der Waals surface area contributed by atoms with Crippen LogP contribution in [0.3, 0.4) is 0 Å². The molecule has 0 spiro atoms. The lowest BCUT2D eigenvalue weighted by molar-refractivity contribution is -0.137. The molecule has 0 heterocycles. The Kier molecular flexibility index (Phi) is 4.69. The third-order valence-corrected chi connectivity index (χ3v) is 2.74. The SMILES string of the molecule is CCN(CC)C(=O)C(C(N)=O)c1ccccc1. The predicted octanol–water partition coefficient (Wildman–Crippen LogP) is 1.12. The zero-order valence-electron chi connectivity index (χ0n) is 10.2. The maximum absolute atomic E-state index is 12.2. The van der Waals surface area contributed by atoms with Crippen molar-refractivity contribution in [3.05, 3.63) is 35.9 Å². The van der Waals surface area contributed by atoms with Crippen LogP contribution in [0.2, 0.25) is 0 Å². The average molecular weight is 234 g/mol. The molecule has 0 aliphatic carbocycles. The molecule has 1 aromatic carbocycles. The van der Waals surface area contributed by atoms with Crippen molar-refractivity contribution in [3.63, 3.8) is 0 Å². The molecule has 1 atom stereocenters. The maximum Gasteiger partial charge on any atom is 0.239 e. The predicted molar refractivity (Wildman–Crippen MR) is 66.3 cm³/mol. The van der Waals surface area contributed by atoms with Gasteiger partial charge in [-0.25, -0.2) is 0 Å². The summed E-state index contributed by atoms with van der Waals surface area (Å²) in [6, 6.07) is 8.92. The van der Waals surface area contributed by atoms with Crippen molar-refractivity contribution in [3.8, 4) is 0 Å². The number of nitrogens with zero attached hydrogens (tertiary/aromatic N) is 1. The Labute approximate surface area is 101 Å². The molecule has 4 heteroatoms. The van der Waals surface area contributed by atoms with Crippen molar-refractivity contribution in [1.82, 2.24) is 4.90 Å². The smallest absolute Gasteiger partial charge is 0.239 e. The van der Waals surface area contributed by atoms with Crippen LogP contribution in [-0.2, 0) is 9.59 Å². The Morgan fingerprint density at radius 2 is 1.71 bits per heavy atom. The van der Waals surface area contributed by atoms with Gasteiger partial charge in [0, 0.05) is 13.1 Å². The quantitative estimate of drug-likeness (QED) is 0.776. The number of rotatable bonds is 5. The molecule has 0 bridgehead atoms. The van der Waals surface area contributed by atoms with Gasteiger partial charge in [0.1, 0.15) is 5.92 Å². The van der Waals surface area contributed by atoms with Crippen LogP contribution in [0, 0.1) is 0 Å². The van der Waals surface area contributed by atoms with Crippen molar-refractivity contribution in [2.45, 2.75) is 19.8 Å². The standard InChI is InChI=1S/C13H18N2O2/c1-3-15(4-2)13(17)11(12(14)16)10-8-6-5-7-9-10/h5-9,11H,3-4H2,1-2H3,(H2,14,16). The molecule has 0 fully saturated rings. The van der Waals surface area contributed by atoms with Crippen LogP contribution in [0.5, 0.6) is 0 Å². The van der Waals surface area contributed by atoms with E-state index in [0.717, 1.165) is 0 Å². The maximum atomic E-state index is 12.2. The van der Waals surface area contributed by atoms with Gasteiger partial charge in [-0.05, 0) is 19.4 Å². The van der Waals surface area contributed by atoms with E-state index in [1.807, 2.05) is 19.9 Å². The Bertz CT molecular complexity index is 386. The Balaban J connectivity index is 3.02. The molecule has 1 unspecified atom stereocenters. The first-order chi connectivity index (χ1) is 8.11. The fourth-order valence-corrected chi connectivity index (χ4v) is 1.79. The molecule has 17 heavy (non-hydrogen) atoms. The highest BCUT2D eigenvalue weighted by Gasteiger charge is 2.29. The van der Waals surface area contributed by atoms with Crippen LogP contribution in [0.4, 0.5) is 0 Å². The summed E-state index contributed by atoms with van der Waals surface area (Å²) in [4.78, 5) is 25.2. The summed E-state index contributed by atoms with van der Waals surface area (Å²) in [6.07, 6.45) is 0. The highest BCUT2D eigenvalue weighted by Crippen LogP contribution is 2.18. The van der Waals surface area contributed by atoms with Gasteiger partial charge in [0.25, 0.3) is 0 Å². The lowest BCUT2D eigenvalue weighted by Gasteiger charge is -2.23. The summed E-state index contributed by atoms with van der Waals surface area (Å²) in [5.74, 6) is -1.71. The minimum atomic E-state index is -0.879. The molecule has 0 saturated carbocycles. The monoisotopic (exact) mass is 234 g/mol. The van der Waals surface area contributed by atoms with Gasteiger partial charge in [0.05, 0.1) is 0 Å². The zero-order chi connectivity index (χ0) is 12.8. The summed E-state index contributed by atoms with van der Waals surface area (Å²) in [7, 11) is 0. The van der Waals surface area contributed by atoms with Crippen LogP contribution in [0.1, 0.15) is 25.3 Å². The zero-order valence-corrected chi connectivity index (χ0v) is 10.2. The molecule has 0 aliphatic heterocycles. The second kappa shape index (κ2) is 6.03. The van der Waals surface area contributed by atoms with E-state index < -0.39 is 11.8 Å². The van der Waals surface area contributed by atoms with E-state index in [1.165, 1.54) is 0 Å². The van der Waals surface area contributed by atoms with Crippen molar-refractivity contribution in [1.29, 1.82) is 0 Å². The summed E-state index contributed by atoms with van der Waals surface area (Å²) in [5, 5.41) is 0. The molecule has 0 aromatic heterocycles. The van der Waals surface area contributed by atoms with Gasteiger partial charge in [-0.2, -0.15) is 0 Å². The van der Waals surface area contributed by atoms with Crippen molar-refractivity contribution in [2.75, 3.05) is 13.1 Å². The fraction of sp³-hybridized carbons (Fsp3) is 0.385. The van der Waals surface area contributed by atoms with E-state index in [4.69, 9.17) is 5.73 Å². The highest BCUT2D eigenvalue weighted by atomic mass is 16.2. The van der Waals surface area contributed by atoms with Crippen molar-refractivity contribution in [2.24, 2.45) is 5.73 Å². The number of amides is 2. The fourth-order valence-electron chi connectivity index (χ4n) is 1.79. The number of primary amides is 1. The van der Waals surface area contributed by atoms with Gasteiger partial charge >= 0.3 is 0 Å². The van der Waals surface area contributed by atoms with Crippen molar-refractivity contribution < 1.29 is 9.59 Å². The second-order valence-electron chi connectivity index (χ2n) is 3.76. The Hall–Kier alpha value is -1.84. The van der Waals surface area contributed by atoms with E-state index in [-0.39, 0.29) is 5.91 Å². The molecule has 1 rings (SSSR count). The second-order valence-corrected chi connectivity index (χ2v) is 3.76. The normalized spacial score (nSPS) is 11.9. The van der Waals surface area contributed by atoms with Gasteiger partial charge in [0.2, 0.25) is 11.8 Å². The van der Waals surface area contributed by atoms with Crippen LogP contribution in [-0.4, -0.2) is 29.8 Å². The lowest BCUT2D eigenvalue weighted by atomic mass is 9.97. The van der Waals surface area contributed by atoms with Crippen LogP contribution in [0.15, 0.2) is 30.3 Å². The molecule has 0 radical (unpaired) electrons. The number of likely N-dealkylation sites (N-methyl/N-ethyl adjacent to an activating group) is 1. The number of carbonyl (C=O) groups excluding carboxylic acids is 2. The van der Waals surface area contributed by atoms with Gasteiger partial charge < -0.3 is 10.6 Å². The molecule has 1 aromatic rings. The molecule has 2 amide bonds. The van der Waals surface area contributed by atoms with Gasteiger partial charge in [-0.1, -0.05) is 30.3 Å². The molecule has 0 aliphatic rings. The first kappa shape index (κ1) is 13.2. The number of nitrogens with two attached hydrogens (primary N) is 1. The lowest BCUT2D eigenvalue weighted by Crippen LogP contribution is -2.40. The molecular formula is C13H18N2O2. The first-order valence-electron chi connectivity index (χ1n) is 5.74. The van der Waals surface area contributed by atoms with Gasteiger partial charge in [-0.15, -0.1) is 0 Å². The highest BCUT2D eigenvalue weighted by molar-refractivity contribution is 6.05. The summed E-state index contributed by atoms with van der Waals surface area (Å²) < 4.78 is 0. The van der Waals surface area contributed by atoms with E-state index in [1.54, 1.807) is 29.2 Å². The molecule has 0 saturated heterocycles. The average Bonchev–Trinajstić information content (AvgIpc) is 2.31. The first-order valence-corrected chi connectivity index (χ1v) is 5.74. The number of hydrogen-bond donors (Lipinski definition) is 1. The topological polar surface area (TPSA) is 63.4 Å². The summed E-state index contributed by atoms with van der Waals surface area (Å²) in [5.41, 5.74) is 5.98. The number of carbonyl (C=O) groups is 2. The number of hydrogen-bond acceptors (Lipinski definition) is 2. The minimum Gasteiger partial charge on any atom is -0.369 e. The molecule has 2 N–H and O–H groups in total. The van der Waals surface area contributed by atoms with Crippen LogP contribution in [0.25, 0.3) is 0 Å². The third-order valence-electron chi connectivity index (χ3n) is 2.74. The minimum absolute atomic E-state index is 0.228. The summed E-state index contributed by atoms with van der Waals surface area (Å²) in [6.45, 7) is 4.91. The molecular weight excluding hydrogens is 216 g/mol. The van der Waals surface area contributed by atoms with Gasteiger partial charge in [-0.3, -0.25) is 9.59 Å². The summed E-state index contributed by atoms with van der Waals surface area (Å²) >= 11 is 0. The third kappa shape index (κ3) is 3.06. The van der Waals surface area contributed by atoms with Crippen LogP contribution >= 0.6 is 0 Å². The largest absolute Gasteiger partial charge is 0.369 e. The van der Waals surface area contributed by atoms with E-state index in [0.29, 0.717) is 18.7 Å². The molecule has 4 nitrogen and oxygen atoms in total. The van der Waals surface area contributed by atoms with Crippen molar-refractivity contribution >= 4 is 11.8 Å².